The molecule has 0 amide bonds. The Morgan fingerprint density at radius 2 is 2.00 bits per heavy atom. The number of benzene rings is 1. The lowest BCUT2D eigenvalue weighted by Crippen LogP contribution is -2.05. The molecule has 0 aliphatic rings. The van der Waals surface area contributed by atoms with Crippen LogP contribution in [0.15, 0.2) is 36.8 Å². The molecule has 2 heterocycles. The van der Waals surface area contributed by atoms with E-state index < -0.39 is 24.5 Å². The minimum Gasteiger partial charge on any atom is -0.329 e. The fourth-order valence-corrected chi connectivity index (χ4v) is 2.32. The van der Waals surface area contributed by atoms with Crippen molar-refractivity contribution in [2.24, 2.45) is 0 Å². The summed E-state index contributed by atoms with van der Waals surface area (Å²) >= 11 is 0. The van der Waals surface area contributed by atoms with Crippen LogP contribution < -0.4 is 0 Å². The van der Waals surface area contributed by atoms with Crippen molar-refractivity contribution in [2.45, 2.75) is 19.4 Å². The Balaban J connectivity index is 1.84. The first-order chi connectivity index (χ1) is 11.6. The number of nitrogens with zero attached hydrogens (tertiary/aromatic N) is 5. The molecule has 0 atom stereocenters. The van der Waals surface area contributed by atoms with Gasteiger partial charge < -0.3 is 4.57 Å². The van der Waals surface area contributed by atoms with E-state index in [0.29, 0.717) is 18.1 Å². The molecule has 9 heteroatoms. The van der Waals surface area contributed by atoms with E-state index in [0.717, 1.165) is 18.2 Å². The predicted octanol–water partition coefficient (Wildman–Crippen LogP) is 3.10. The van der Waals surface area contributed by atoms with Crippen molar-refractivity contribution in [3.05, 3.63) is 59.7 Å². The highest BCUT2D eigenvalue weighted by Crippen LogP contribution is 2.22. The molecule has 0 radical (unpaired) electrons. The summed E-state index contributed by atoms with van der Waals surface area (Å²) in [4.78, 5) is 4.04. The SMILES string of the molecule is FCCc1nccn1Cc1cn(-c2cc(F)cc(C(F)F)c2)nn1. The number of imidazole rings is 1. The van der Waals surface area contributed by atoms with E-state index in [1.807, 2.05) is 0 Å². The smallest absolute Gasteiger partial charge is 0.264 e. The van der Waals surface area contributed by atoms with E-state index in [1.165, 1.54) is 10.9 Å². The second-order valence-corrected chi connectivity index (χ2v) is 5.11. The first-order valence-corrected chi connectivity index (χ1v) is 7.13. The number of aromatic nitrogens is 5. The van der Waals surface area contributed by atoms with Crippen LogP contribution in [0, 0.1) is 5.82 Å². The summed E-state index contributed by atoms with van der Waals surface area (Å²) in [5.41, 5.74) is 0.233. The van der Waals surface area contributed by atoms with Gasteiger partial charge in [0.05, 0.1) is 25.1 Å². The molecule has 126 valence electrons. The Kier molecular flexibility index (Phi) is 4.59. The number of hydrogen-bond donors (Lipinski definition) is 0. The van der Waals surface area contributed by atoms with Crippen molar-refractivity contribution in [1.82, 2.24) is 24.5 Å². The van der Waals surface area contributed by atoms with E-state index in [2.05, 4.69) is 15.3 Å². The quantitative estimate of drug-likeness (QED) is 0.649. The van der Waals surface area contributed by atoms with E-state index in [1.54, 1.807) is 17.0 Å². The van der Waals surface area contributed by atoms with Crippen molar-refractivity contribution in [3.63, 3.8) is 0 Å². The second kappa shape index (κ2) is 6.81. The highest BCUT2D eigenvalue weighted by atomic mass is 19.3. The lowest BCUT2D eigenvalue weighted by atomic mass is 10.2. The van der Waals surface area contributed by atoms with Gasteiger partial charge in [-0.15, -0.1) is 5.10 Å². The van der Waals surface area contributed by atoms with Gasteiger partial charge in [-0.25, -0.2) is 22.8 Å². The third kappa shape index (κ3) is 3.44. The summed E-state index contributed by atoms with van der Waals surface area (Å²) in [6.07, 6.45) is 2.14. The van der Waals surface area contributed by atoms with E-state index in [9.17, 15) is 17.6 Å². The standard InChI is InChI=1S/C15H13F4N5/c16-2-1-14-20-3-4-23(14)8-12-9-24(22-21-12)13-6-10(15(18)19)5-11(17)7-13/h3-7,9,15H,1-2,8H2. The fourth-order valence-electron chi connectivity index (χ4n) is 2.32. The minimum absolute atomic E-state index is 0.152. The topological polar surface area (TPSA) is 48.5 Å². The van der Waals surface area contributed by atoms with Crippen LogP contribution in [0.1, 0.15) is 23.5 Å². The lowest BCUT2D eigenvalue weighted by Gasteiger charge is -2.05. The monoisotopic (exact) mass is 339 g/mol. The molecule has 0 bridgehead atoms. The molecular weight excluding hydrogens is 326 g/mol. The predicted molar refractivity (Wildman–Crippen MR) is 77.3 cm³/mol. The number of rotatable bonds is 6. The molecule has 0 N–H and O–H groups in total. The maximum absolute atomic E-state index is 13.5. The molecule has 5 nitrogen and oxygen atoms in total. The Hall–Kier alpha value is -2.71. The van der Waals surface area contributed by atoms with E-state index in [4.69, 9.17) is 0 Å². The summed E-state index contributed by atoms with van der Waals surface area (Å²) in [5.74, 6) is -0.211. The van der Waals surface area contributed by atoms with Crippen LogP contribution in [-0.4, -0.2) is 31.2 Å². The van der Waals surface area contributed by atoms with Crippen molar-refractivity contribution < 1.29 is 17.6 Å². The molecule has 0 unspecified atom stereocenters. The molecule has 0 aliphatic heterocycles. The third-order valence-electron chi connectivity index (χ3n) is 3.41. The van der Waals surface area contributed by atoms with Crippen LogP contribution in [0.5, 0.6) is 0 Å². The van der Waals surface area contributed by atoms with Gasteiger partial charge in [0.2, 0.25) is 0 Å². The van der Waals surface area contributed by atoms with Crippen LogP contribution in [0.25, 0.3) is 5.69 Å². The largest absolute Gasteiger partial charge is 0.329 e. The van der Waals surface area contributed by atoms with Crippen molar-refractivity contribution in [2.75, 3.05) is 6.67 Å². The maximum atomic E-state index is 13.5. The molecule has 0 saturated heterocycles. The van der Waals surface area contributed by atoms with Crippen molar-refractivity contribution >= 4 is 0 Å². The third-order valence-corrected chi connectivity index (χ3v) is 3.41. The molecule has 0 saturated carbocycles. The molecule has 24 heavy (non-hydrogen) atoms. The van der Waals surface area contributed by atoms with Gasteiger partial charge in [-0.2, -0.15) is 0 Å². The highest BCUT2D eigenvalue weighted by Gasteiger charge is 2.13. The van der Waals surface area contributed by atoms with Gasteiger partial charge in [-0.1, -0.05) is 5.21 Å². The summed E-state index contributed by atoms with van der Waals surface area (Å²) in [6.45, 7) is -0.226. The van der Waals surface area contributed by atoms with Gasteiger partial charge >= 0.3 is 0 Å². The van der Waals surface area contributed by atoms with Gasteiger partial charge in [0, 0.05) is 24.4 Å². The summed E-state index contributed by atoms with van der Waals surface area (Å²) < 4.78 is 54.4. The zero-order valence-electron chi connectivity index (χ0n) is 12.4. The number of hydrogen-bond acceptors (Lipinski definition) is 3. The van der Waals surface area contributed by atoms with Crippen LogP contribution in [0.4, 0.5) is 17.6 Å². The molecule has 3 rings (SSSR count). The second-order valence-electron chi connectivity index (χ2n) is 5.11. The first kappa shape index (κ1) is 16.2. The molecule has 0 spiro atoms. The number of aryl methyl sites for hydroxylation is 1. The normalized spacial score (nSPS) is 11.4. The van der Waals surface area contributed by atoms with Gasteiger partial charge in [0.25, 0.3) is 6.43 Å². The summed E-state index contributed by atoms with van der Waals surface area (Å²) in [7, 11) is 0. The van der Waals surface area contributed by atoms with Gasteiger partial charge in [0.1, 0.15) is 17.3 Å². The summed E-state index contributed by atoms with van der Waals surface area (Å²) in [6, 6.07) is 3.02. The molecule has 2 aromatic heterocycles. The zero-order valence-corrected chi connectivity index (χ0v) is 12.4. The van der Waals surface area contributed by atoms with Gasteiger partial charge in [-0.05, 0) is 18.2 Å². The van der Waals surface area contributed by atoms with Crippen molar-refractivity contribution in [1.29, 1.82) is 0 Å². The fraction of sp³-hybridized carbons (Fsp3) is 0.267. The average molecular weight is 339 g/mol. The van der Waals surface area contributed by atoms with E-state index >= 15 is 0 Å². The van der Waals surface area contributed by atoms with Crippen LogP contribution in [-0.2, 0) is 13.0 Å². The Labute approximate surface area is 134 Å². The Morgan fingerprint density at radius 3 is 2.75 bits per heavy atom. The molecule has 3 aromatic rings. The number of alkyl halides is 3. The van der Waals surface area contributed by atoms with Crippen molar-refractivity contribution in [3.8, 4) is 5.69 Å². The van der Waals surface area contributed by atoms with E-state index in [-0.39, 0.29) is 12.1 Å². The zero-order chi connectivity index (χ0) is 17.1. The molecular formula is C15H13F4N5. The van der Waals surface area contributed by atoms with Crippen LogP contribution in [0.2, 0.25) is 0 Å². The molecule has 0 aliphatic carbocycles. The molecule has 0 fully saturated rings. The molecule has 1 aromatic carbocycles. The van der Waals surface area contributed by atoms with Gasteiger partial charge in [-0.3, -0.25) is 4.39 Å². The number of halogens is 4. The maximum Gasteiger partial charge on any atom is 0.264 e. The Bertz CT molecular complexity index is 827. The minimum atomic E-state index is -2.78. The van der Waals surface area contributed by atoms with Crippen LogP contribution >= 0.6 is 0 Å². The van der Waals surface area contributed by atoms with Gasteiger partial charge in [0.15, 0.2) is 0 Å². The lowest BCUT2D eigenvalue weighted by molar-refractivity contribution is 0.151. The Morgan fingerprint density at radius 1 is 1.17 bits per heavy atom. The average Bonchev–Trinajstić information content (AvgIpc) is 3.18. The first-order valence-electron chi connectivity index (χ1n) is 7.13. The summed E-state index contributed by atoms with van der Waals surface area (Å²) in [5, 5.41) is 7.76. The highest BCUT2D eigenvalue weighted by molar-refractivity contribution is 5.36. The van der Waals surface area contributed by atoms with Crippen LogP contribution in [0.3, 0.4) is 0 Å².